The van der Waals surface area contributed by atoms with E-state index in [1.54, 1.807) is 0 Å². The lowest BCUT2D eigenvalue weighted by Crippen LogP contribution is -2.23. The molecule has 0 heterocycles. The summed E-state index contributed by atoms with van der Waals surface area (Å²) in [7, 11) is 1.99. The highest BCUT2D eigenvalue weighted by Crippen LogP contribution is 2.12. The third-order valence-corrected chi connectivity index (χ3v) is 2.42. The third-order valence-electron chi connectivity index (χ3n) is 1.92. The SMILES string of the molecule is CNC(C)Cc1cccc(Br)c1. The summed E-state index contributed by atoms with van der Waals surface area (Å²) in [6.45, 7) is 2.18. The van der Waals surface area contributed by atoms with Crippen LogP contribution in [-0.2, 0) is 6.42 Å². The average Bonchev–Trinajstić information content (AvgIpc) is 2.04. The number of hydrogen-bond acceptors (Lipinski definition) is 1. The van der Waals surface area contributed by atoms with Crippen molar-refractivity contribution in [3.8, 4) is 0 Å². The Balaban J connectivity index is 2.63. The lowest BCUT2D eigenvalue weighted by Gasteiger charge is -2.09. The van der Waals surface area contributed by atoms with Crippen molar-refractivity contribution in [1.82, 2.24) is 5.32 Å². The number of hydrogen-bond donors (Lipinski definition) is 1. The van der Waals surface area contributed by atoms with Gasteiger partial charge in [0.05, 0.1) is 0 Å². The molecule has 0 bridgehead atoms. The third kappa shape index (κ3) is 2.95. The summed E-state index contributed by atoms with van der Waals surface area (Å²) in [5.74, 6) is 0. The van der Waals surface area contributed by atoms with E-state index in [-0.39, 0.29) is 0 Å². The first-order valence-corrected chi connectivity index (χ1v) is 4.93. The van der Waals surface area contributed by atoms with Gasteiger partial charge in [-0.3, -0.25) is 0 Å². The maximum atomic E-state index is 3.45. The molecule has 1 unspecified atom stereocenters. The maximum absolute atomic E-state index is 3.45. The molecule has 0 aliphatic carbocycles. The molecule has 0 aliphatic rings. The summed E-state index contributed by atoms with van der Waals surface area (Å²) in [4.78, 5) is 0. The van der Waals surface area contributed by atoms with Crippen LogP contribution >= 0.6 is 15.9 Å². The van der Waals surface area contributed by atoms with Crippen molar-refractivity contribution < 1.29 is 0 Å². The van der Waals surface area contributed by atoms with Crippen molar-refractivity contribution in [2.45, 2.75) is 19.4 Å². The Labute approximate surface area is 82.3 Å². The van der Waals surface area contributed by atoms with Crippen molar-refractivity contribution in [1.29, 1.82) is 0 Å². The van der Waals surface area contributed by atoms with Gasteiger partial charge in [0.1, 0.15) is 0 Å². The van der Waals surface area contributed by atoms with E-state index < -0.39 is 0 Å². The van der Waals surface area contributed by atoms with Gasteiger partial charge >= 0.3 is 0 Å². The molecule has 1 atom stereocenters. The Morgan fingerprint density at radius 2 is 2.25 bits per heavy atom. The van der Waals surface area contributed by atoms with E-state index in [0.29, 0.717) is 6.04 Å². The molecule has 0 saturated heterocycles. The summed E-state index contributed by atoms with van der Waals surface area (Å²) >= 11 is 3.45. The molecule has 0 amide bonds. The number of rotatable bonds is 3. The van der Waals surface area contributed by atoms with Crippen LogP contribution in [-0.4, -0.2) is 13.1 Å². The fraction of sp³-hybridized carbons (Fsp3) is 0.400. The van der Waals surface area contributed by atoms with E-state index in [2.05, 4.69) is 46.4 Å². The van der Waals surface area contributed by atoms with Gasteiger partial charge in [0.2, 0.25) is 0 Å². The van der Waals surface area contributed by atoms with Gasteiger partial charge in [0.25, 0.3) is 0 Å². The molecular formula is C10H14BrN. The molecule has 2 heteroatoms. The van der Waals surface area contributed by atoms with Crippen molar-refractivity contribution in [3.63, 3.8) is 0 Å². The molecule has 0 aromatic heterocycles. The highest BCUT2D eigenvalue weighted by molar-refractivity contribution is 9.10. The van der Waals surface area contributed by atoms with E-state index in [1.165, 1.54) is 5.56 Å². The fourth-order valence-electron chi connectivity index (χ4n) is 1.12. The van der Waals surface area contributed by atoms with Gasteiger partial charge in [-0.1, -0.05) is 28.1 Å². The molecule has 1 nitrogen and oxygen atoms in total. The molecule has 1 N–H and O–H groups in total. The first-order chi connectivity index (χ1) is 5.72. The monoisotopic (exact) mass is 227 g/mol. The van der Waals surface area contributed by atoms with Crippen LogP contribution in [0.15, 0.2) is 28.7 Å². The largest absolute Gasteiger partial charge is 0.317 e. The standard InChI is InChI=1S/C10H14BrN/c1-8(12-2)6-9-4-3-5-10(11)7-9/h3-5,7-8,12H,6H2,1-2H3. The van der Waals surface area contributed by atoms with E-state index in [1.807, 2.05) is 13.1 Å². The van der Waals surface area contributed by atoms with Crippen LogP contribution < -0.4 is 5.32 Å². The number of halogens is 1. The Kier molecular flexibility index (Phi) is 3.76. The zero-order valence-corrected chi connectivity index (χ0v) is 9.06. The van der Waals surface area contributed by atoms with Gasteiger partial charge < -0.3 is 5.32 Å². The maximum Gasteiger partial charge on any atom is 0.0178 e. The molecule has 1 rings (SSSR count). The molecular weight excluding hydrogens is 214 g/mol. The zero-order chi connectivity index (χ0) is 8.97. The molecule has 0 spiro atoms. The van der Waals surface area contributed by atoms with E-state index >= 15 is 0 Å². The van der Waals surface area contributed by atoms with E-state index in [4.69, 9.17) is 0 Å². The minimum atomic E-state index is 0.541. The van der Waals surface area contributed by atoms with Crippen molar-refractivity contribution in [2.75, 3.05) is 7.05 Å². The van der Waals surface area contributed by atoms with Gasteiger partial charge in [0, 0.05) is 10.5 Å². The molecule has 0 radical (unpaired) electrons. The molecule has 0 aliphatic heterocycles. The summed E-state index contributed by atoms with van der Waals surface area (Å²) in [6.07, 6.45) is 1.08. The Bertz CT molecular complexity index is 247. The van der Waals surface area contributed by atoms with Crippen LogP contribution in [0.25, 0.3) is 0 Å². The quantitative estimate of drug-likeness (QED) is 0.838. The molecule has 0 saturated carbocycles. The lowest BCUT2D eigenvalue weighted by molar-refractivity contribution is 0.608. The first-order valence-electron chi connectivity index (χ1n) is 4.14. The van der Waals surface area contributed by atoms with Crippen LogP contribution in [0.5, 0.6) is 0 Å². The molecule has 66 valence electrons. The Morgan fingerprint density at radius 3 is 2.83 bits per heavy atom. The summed E-state index contributed by atoms with van der Waals surface area (Å²) in [6, 6.07) is 8.97. The number of likely N-dealkylation sites (N-methyl/N-ethyl adjacent to an activating group) is 1. The van der Waals surface area contributed by atoms with E-state index in [0.717, 1.165) is 10.9 Å². The minimum Gasteiger partial charge on any atom is -0.317 e. The highest BCUT2D eigenvalue weighted by atomic mass is 79.9. The topological polar surface area (TPSA) is 12.0 Å². The molecule has 1 aromatic rings. The molecule has 12 heavy (non-hydrogen) atoms. The minimum absolute atomic E-state index is 0.541. The van der Waals surface area contributed by atoms with Crippen LogP contribution in [0, 0.1) is 0 Å². The average molecular weight is 228 g/mol. The Morgan fingerprint density at radius 1 is 1.50 bits per heavy atom. The summed E-state index contributed by atoms with van der Waals surface area (Å²) in [5.41, 5.74) is 1.37. The van der Waals surface area contributed by atoms with E-state index in [9.17, 15) is 0 Å². The first kappa shape index (κ1) is 9.75. The lowest BCUT2D eigenvalue weighted by atomic mass is 10.1. The van der Waals surface area contributed by atoms with Crippen molar-refractivity contribution in [3.05, 3.63) is 34.3 Å². The van der Waals surface area contributed by atoms with Crippen LogP contribution in [0.2, 0.25) is 0 Å². The van der Waals surface area contributed by atoms with Crippen LogP contribution in [0.3, 0.4) is 0 Å². The second kappa shape index (κ2) is 4.63. The predicted molar refractivity (Wildman–Crippen MR) is 56.4 cm³/mol. The number of nitrogens with one attached hydrogen (secondary N) is 1. The summed E-state index contributed by atoms with van der Waals surface area (Å²) in [5, 5.41) is 3.22. The smallest absolute Gasteiger partial charge is 0.0178 e. The van der Waals surface area contributed by atoms with Crippen LogP contribution in [0.4, 0.5) is 0 Å². The van der Waals surface area contributed by atoms with Crippen molar-refractivity contribution in [2.24, 2.45) is 0 Å². The van der Waals surface area contributed by atoms with Gasteiger partial charge in [0.15, 0.2) is 0 Å². The molecule has 0 fully saturated rings. The van der Waals surface area contributed by atoms with Crippen molar-refractivity contribution >= 4 is 15.9 Å². The predicted octanol–water partition coefficient (Wildman–Crippen LogP) is 2.60. The van der Waals surface area contributed by atoms with Gasteiger partial charge in [-0.05, 0) is 38.1 Å². The second-order valence-electron chi connectivity index (χ2n) is 3.02. The van der Waals surface area contributed by atoms with Gasteiger partial charge in [-0.25, -0.2) is 0 Å². The van der Waals surface area contributed by atoms with Gasteiger partial charge in [-0.2, -0.15) is 0 Å². The van der Waals surface area contributed by atoms with Gasteiger partial charge in [-0.15, -0.1) is 0 Å². The Hall–Kier alpha value is -0.340. The number of benzene rings is 1. The normalized spacial score (nSPS) is 12.9. The fourth-order valence-corrected chi connectivity index (χ4v) is 1.57. The zero-order valence-electron chi connectivity index (χ0n) is 7.47. The second-order valence-corrected chi connectivity index (χ2v) is 3.94. The molecule has 1 aromatic carbocycles. The summed E-state index contributed by atoms with van der Waals surface area (Å²) < 4.78 is 1.16. The van der Waals surface area contributed by atoms with Crippen LogP contribution in [0.1, 0.15) is 12.5 Å². The highest BCUT2D eigenvalue weighted by Gasteiger charge is 1.99.